The molecule has 1 heterocycles. The lowest BCUT2D eigenvalue weighted by molar-refractivity contribution is 0.467. The van der Waals surface area contributed by atoms with E-state index in [1.54, 1.807) is 0 Å². The van der Waals surface area contributed by atoms with E-state index in [-0.39, 0.29) is 6.04 Å². The first-order valence-electron chi connectivity index (χ1n) is 6.27. The average Bonchev–Trinajstić information content (AvgIpc) is 2.75. The highest BCUT2D eigenvalue weighted by molar-refractivity contribution is 6.34. The number of halogens is 1. The second-order valence-electron chi connectivity index (χ2n) is 4.84. The molecule has 0 saturated heterocycles. The van der Waals surface area contributed by atoms with Crippen molar-refractivity contribution in [3.63, 3.8) is 0 Å². The van der Waals surface area contributed by atoms with E-state index in [2.05, 4.69) is 12.2 Å². The van der Waals surface area contributed by atoms with Crippen LogP contribution in [-0.4, -0.2) is 14.1 Å². The Morgan fingerprint density at radius 2 is 1.95 bits per heavy atom. The predicted molar refractivity (Wildman–Crippen MR) is 81.3 cm³/mol. The fourth-order valence-corrected chi connectivity index (χ4v) is 2.42. The van der Waals surface area contributed by atoms with E-state index < -0.39 is 0 Å². The molecule has 1 atom stereocenters. The van der Waals surface area contributed by atoms with Gasteiger partial charge in [0.2, 0.25) is 0 Å². The van der Waals surface area contributed by atoms with Crippen LogP contribution in [0.1, 0.15) is 24.5 Å². The smallest absolute Gasteiger partial charge is 0.126 e. The molecule has 1 aromatic carbocycles. The van der Waals surface area contributed by atoms with E-state index in [9.17, 15) is 0 Å². The molecule has 0 aliphatic heterocycles. The number of para-hydroxylation sites is 1. The molecule has 1 unspecified atom stereocenters. The maximum absolute atomic E-state index is 6.25. The van der Waals surface area contributed by atoms with Gasteiger partial charge in [0.05, 0.1) is 22.4 Å². The topological polar surface area (TPSA) is 28.4 Å². The zero-order valence-corrected chi connectivity index (χ0v) is 12.5. The van der Waals surface area contributed by atoms with Gasteiger partial charge in [-0.2, -0.15) is 0 Å². The maximum atomic E-state index is 6.25. The lowest BCUT2D eigenvalue weighted by Crippen LogP contribution is -2.14. The van der Waals surface area contributed by atoms with E-state index in [1.165, 1.54) is 0 Å². The number of nitrogens with one attached hydrogen (secondary N) is 1. The van der Waals surface area contributed by atoms with Crippen LogP contribution in [0.5, 0.6) is 0 Å². The minimum absolute atomic E-state index is 0.0888. The number of furan rings is 1. The maximum Gasteiger partial charge on any atom is 0.126 e. The molecule has 102 valence electrons. The monoisotopic (exact) mass is 278 g/mol. The van der Waals surface area contributed by atoms with Gasteiger partial charge in [0.25, 0.3) is 0 Å². The van der Waals surface area contributed by atoms with Crippen LogP contribution >= 0.6 is 11.6 Å². The summed E-state index contributed by atoms with van der Waals surface area (Å²) in [5, 5.41) is 4.18. The molecule has 0 bridgehead atoms. The summed E-state index contributed by atoms with van der Waals surface area (Å²) in [6.07, 6.45) is 0. The number of anilines is 2. The van der Waals surface area contributed by atoms with E-state index in [4.69, 9.17) is 16.0 Å². The number of nitrogens with zero attached hydrogens (tertiary/aromatic N) is 1. The van der Waals surface area contributed by atoms with Gasteiger partial charge in [-0.3, -0.25) is 0 Å². The molecular weight excluding hydrogens is 260 g/mol. The van der Waals surface area contributed by atoms with Gasteiger partial charge in [-0.25, -0.2) is 0 Å². The van der Waals surface area contributed by atoms with Gasteiger partial charge < -0.3 is 14.6 Å². The quantitative estimate of drug-likeness (QED) is 0.894. The Labute approximate surface area is 119 Å². The van der Waals surface area contributed by atoms with Gasteiger partial charge in [-0.05, 0) is 38.1 Å². The minimum atomic E-state index is 0.0888. The Morgan fingerprint density at radius 1 is 1.21 bits per heavy atom. The Hall–Kier alpha value is -1.61. The summed E-state index contributed by atoms with van der Waals surface area (Å²) in [6, 6.07) is 9.91. The van der Waals surface area contributed by atoms with Crippen molar-refractivity contribution in [2.45, 2.75) is 19.9 Å². The molecule has 2 rings (SSSR count). The average molecular weight is 279 g/mol. The van der Waals surface area contributed by atoms with E-state index in [0.717, 1.165) is 27.9 Å². The molecule has 0 aliphatic rings. The van der Waals surface area contributed by atoms with Gasteiger partial charge in [0.1, 0.15) is 11.5 Å². The van der Waals surface area contributed by atoms with Gasteiger partial charge in [0.15, 0.2) is 0 Å². The van der Waals surface area contributed by atoms with Crippen LogP contribution < -0.4 is 10.2 Å². The van der Waals surface area contributed by atoms with Crippen molar-refractivity contribution in [2.24, 2.45) is 0 Å². The molecule has 19 heavy (non-hydrogen) atoms. The van der Waals surface area contributed by atoms with Crippen molar-refractivity contribution in [1.29, 1.82) is 0 Å². The molecule has 0 saturated carbocycles. The summed E-state index contributed by atoms with van der Waals surface area (Å²) in [7, 11) is 3.96. The lowest BCUT2D eigenvalue weighted by Gasteiger charge is -2.22. The van der Waals surface area contributed by atoms with E-state index in [1.807, 2.05) is 56.3 Å². The van der Waals surface area contributed by atoms with Gasteiger partial charge in [-0.1, -0.05) is 17.7 Å². The Bertz CT molecular complexity index is 563. The summed E-state index contributed by atoms with van der Waals surface area (Å²) in [6.45, 7) is 4.01. The predicted octanol–water partition coefficient (Wildman–Crippen LogP) is 4.48. The number of aryl methyl sites for hydroxylation is 1. The number of hydrogen-bond donors (Lipinski definition) is 1. The highest BCUT2D eigenvalue weighted by atomic mass is 35.5. The van der Waals surface area contributed by atoms with Crippen molar-refractivity contribution in [3.8, 4) is 0 Å². The molecule has 0 spiro atoms. The Kier molecular flexibility index (Phi) is 4.05. The normalized spacial score (nSPS) is 12.3. The number of hydrogen-bond acceptors (Lipinski definition) is 3. The Balaban J connectivity index is 2.26. The third kappa shape index (κ3) is 3.04. The molecule has 0 fully saturated rings. The van der Waals surface area contributed by atoms with Crippen LogP contribution in [0.25, 0.3) is 0 Å². The van der Waals surface area contributed by atoms with Crippen LogP contribution in [0.3, 0.4) is 0 Å². The van der Waals surface area contributed by atoms with Crippen LogP contribution in [-0.2, 0) is 0 Å². The first-order valence-corrected chi connectivity index (χ1v) is 6.65. The molecule has 4 heteroatoms. The first-order chi connectivity index (χ1) is 8.99. The van der Waals surface area contributed by atoms with Crippen LogP contribution in [0, 0.1) is 6.92 Å². The molecule has 0 radical (unpaired) electrons. The molecule has 0 aliphatic carbocycles. The highest BCUT2D eigenvalue weighted by Gasteiger charge is 2.14. The lowest BCUT2D eigenvalue weighted by atomic mass is 10.2. The fraction of sp³-hybridized carbons (Fsp3) is 0.333. The third-order valence-electron chi connectivity index (χ3n) is 2.99. The summed E-state index contributed by atoms with van der Waals surface area (Å²) in [4.78, 5) is 2.00. The van der Waals surface area contributed by atoms with E-state index in [0.29, 0.717) is 0 Å². The molecule has 3 nitrogen and oxygen atoms in total. The zero-order valence-electron chi connectivity index (χ0n) is 11.7. The Morgan fingerprint density at radius 3 is 2.53 bits per heavy atom. The summed E-state index contributed by atoms with van der Waals surface area (Å²) in [5.74, 6) is 1.84. The van der Waals surface area contributed by atoms with Crippen molar-refractivity contribution < 1.29 is 4.42 Å². The molecular formula is C15H19ClN2O. The van der Waals surface area contributed by atoms with Crippen molar-refractivity contribution in [1.82, 2.24) is 0 Å². The molecule has 2 aromatic rings. The molecule has 1 N–H and O–H groups in total. The van der Waals surface area contributed by atoms with E-state index >= 15 is 0 Å². The summed E-state index contributed by atoms with van der Waals surface area (Å²) >= 11 is 6.25. The standard InChI is InChI=1S/C15H19ClN2O/c1-10-8-9-14(19-10)11(2)17-13-7-5-6-12(16)15(13)18(3)4/h5-9,11,17H,1-4H3. The van der Waals surface area contributed by atoms with Crippen molar-refractivity contribution in [3.05, 3.63) is 46.9 Å². The number of rotatable bonds is 4. The zero-order chi connectivity index (χ0) is 14.0. The summed E-state index contributed by atoms with van der Waals surface area (Å²) in [5.41, 5.74) is 1.98. The largest absolute Gasteiger partial charge is 0.464 e. The van der Waals surface area contributed by atoms with Crippen LogP contribution in [0.4, 0.5) is 11.4 Å². The van der Waals surface area contributed by atoms with Gasteiger partial charge >= 0.3 is 0 Å². The van der Waals surface area contributed by atoms with Crippen molar-refractivity contribution >= 4 is 23.0 Å². The number of benzene rings is 1. The highest BCUT2D eigenvalue weighted by Crippen LogP contribution is 2.34. The first kappa shape index (κ1) is 13.8. The minimum Gasteiger partial charge on any atom is -0.464 e. The second-order valence-corrected chi connectivity index (χ2v) is 5.25. The molecule has 0 amide bonds. The van der Waals surface area contributed by atoms with Crippen LogP contribution in [0.2, 0.25) is 5.02 Å². The van der Waals surface area contributed by atoms with Crippen molar-refractivity contribution in [2.75, 3.05) is 24.3 Å². The van der Waals surface area contributed by atoms with Crippen LogP contribution in [0.15, 0.2) is 34.7 Å². The third-order valence-corrected chi connectivity index (χ3v) is 3.30. The summed E-state index contributed by atoms with van der Waals surface area (Å²) < 4.78 is 5.64. The van der Waals surface area contributed by atoms with Gasteiger partial charge in [-0.15, -0.1) is 0 Å². The fourth-order valence-electron chi connectivity index (χ4n) is 2.08. The second kappa shape index (κ2) is 5.57. The SMILES string of the molecule is Cc1ccc(C(C)Nc2cccc(Cl)c2N(C)C)o1. The van der Waals surface area contributed by atoms with Gasteiger partial charge in [0, 0.05) is 14.1 Å². The molecule has 1 aromatic heterocycles.